The molecule has 0 spiro atoms. The number of nitrogens with zero attached hydrogens (tertiary/aromatic N) is 5. The maximum Gasteiger partial charge on any atom is 0.103 e. The minimum absolute atomic E-state index is 0.207. The van der Waals surface area contributed by atoms with Crippen LogP contribution in [-0.2, 0) is 4.74 Å². The maximum absolute atomic E-state index is 6.75. The second-order valence-electron chi connectivity index (χ2n) is 9.46. The van der Waals surface area contributed by atoms with Gasteiger partial charge in [0.25, 0.3) is 0 Å². The summed E-state index contributed by atoms with van der Waals surface area (Å²) in [5, 5.41) is 11.1. The van der Waals surface area contributed by atoms with Crippen molar-refractivity contribution in [2.24, 2.45) is 0 Å². The third kappa shape index (κ3) is 3.17. The van der Waals surface area contributed by atoms with Gasteiger partial charge in [0.2, 0.25) is 0 Å². The van der Waals surface area contributed by atoms with Gasteiger partial charge in [0, 0.05) is 22.6 Å². The number of hydrogen-bond acceptors (Lipinski definition) is 4. The Hall–Kier alpha value is -1.89. The normalized spacial score (nSPS) is 26.1. The molecule has 0 bridgehead atoms. The predicted octanol–water partition coefficient (Wildman–Crippen LogP) is 4.57. The molecule has 1 saturated carbocycles. The van der Waals surface area contributed by atoms with Crippen molar-refractivity contribution in [2.45, 2.75) is 56.5 Å². The highest BCUT2D eigenvalue weighted by molar-refractivity contribution is 6.32. The first-order valence-electron chi connectivity index (χ1n) is 11.2. The van der Waals surface area contributed by atoms with Gasteiger partial charge in [-0.15, -0.1) is 0 Å². The summed E-state index contributed by atoms with van der Waals surface area (Å²) in [5.74, 6) is 0.488. The Morgan fingerprint density at radius 3 is 2.67 bits per heavy atom. The van der Waals surface area contributed by atoms with Crippen LogP contribution in [0.2, 0.25) is 5.02 Å². The molecule has 0 unspecified atom stereocenters. The van der Waals surface area contributed by atoms with E-state index in [2.05, 4.69) is 45.0 Å². The molecular weight excluding hydrogens is 398 g/mol. The molecule has 6 nitrogen and oxygen atoms in total. The number of rotatable bonds is 4. The van der Waals surface area contributed by atoms with Gasteiger partial charge in [-0.25, -0.2) is 4.68 Å². The average molecular weight is 426 g/mol. The summed E-state index contributed by atoms with van der Waals surface area (Å²) in [6, 6.07) is 4.92. The van der Waals surface area contributed by atoms with Crippen molar-refractivity contribution in [1.82, 2.24) is 24.5 Å². The first-order chi connectivity index (χ1) is 14.6. The van der Waals surface area contributed by atoms with E-state index in [-0.39, 0.29) is 5.54 Å². The number of halogens is 1. The van der Waals surface area contributed by atoms with Crippen LogP contribution in [0.1, 0.15) is 56.6 Å². The van der Waals surface area contributed by atoms with Crippen LogP contribution < -0.4 is 0 Å². The van der Waals surface area contributed by atoms with E-state index in [1.54, 1.807) is 0 Å². The molecule has 1 aliphatic carbocycles. The first kappa shape index (κ1) is 18.8. The molecule has 30 heavy (non-hydrogen) atoms. The Kier molecular flexibility index (Phi) is 4.44. The van der Waals surface area contributed by atoms with Crippen molar-refractivity contribution >= 4 is 22.5 Å². The van der Waals surface area contributed by atoms with Gasteiger partial charge in [-0.05, 0) is 75.7 Å². The van der Waals surface area contributed by atoms with E-state index in [1.807, 2.05) is 17.1 Å². The molecule has 3 aromatic rings. The Morgan fingerprint density at radius 1 is 1.10 bits per heavy atom. The Balaban J connectivity index is 1.27. The molecule has 6 rings (SSSR count). The van der Waals surface area contributed by atoms with Crippen LogP contribution in [0.3, 0.4) is 0 Å². The molecule has 0 amide bonds. The van der Waals surface area contributed by atoms with E-state index in [9.17, 15) is 0 Å². The van der Waals surface area contributed by atoms with E-state index in [4.69, 9.17) is 16.3 Å². The summed E-state index contributed by atoms with van der Waals surface area (Å²) in [6.45, 7) is 6.30. The highest BCUT2D eigenvalue weighted by Gasteiger charge is 2.38. The van der Waals surface area contributed by atoms with Crippen LogP contribution >= 0.6 is 11.6 Å². The standard InChI is InChI=1S/C23H28ClN5O/c1-23(6-9-30-15-23)27-7-4-16(5-8-27)20-11-22-17(10-21(20)24)12-26-29(22)19-13-25-28(14-19)18-2-3-18/h10-14,16,18H,2-9,15H2,1H3/t23-/m0/s1. The van der Waals surface area contributed by atoms with Crippen LogP contribution in [-0.4, -0.2) is 56.3 Å². The predicted molar refractivity (Wildman–Crippen MR) is 118 cm³/mol. The van der Waals surface area contributed by atoms with Crippen molar-refractivity contribution in [2.75, 3.05) is 26.3 Å². The van der Waals surface area contributed by atoms with E-state index in [0.29, 0.717) is 12.0 Å². The largest absolute Gasteiger partial charge is 0.379 e. The smallest absolute Gasteiger partial charge is 0.103 e. The zero-order valence-corrected chi connectivity index (χ0v) is 18.2. The summed E-state index contributed by atoms with van der Waals surface area (Å²) < 4.78 is 9.76. The summed E-state index contributed by atoms with van der Waals surface area (Å²) in [5.41, 5.74) is 3.60. The van der Waals surface area contributed by atoms with E-state index in [0.717, 1.165) is 67.2 Å². The summed E-state index contributed by atoms with van der Waals surface area (Å²) in [7, 11) is 0. The maximum atomic E-state index is 6.75. The minimum atomic E-state index is 0.207. The lowest BCUT2D eigenvalue weighted by Crippen LogP contribution is -2.50. The molecule has 1 atom stereocenters. The first-order valence-corrected chi connectivity index (χ1v) is 11.5. The van der Waals surface area contributed by atoms with Crippen molar-refractivity contribution in [1.29, 1.82) is 0 Å². The van der Waals surface area contributed by atoms with Crippen molar-refractivity contribution in [3.05, 3.63) is 41.3 Å². The number of hydrogen-bond donors (Lipinski definition) is 0. The third-order valence-electron chi connectivity index (χ3n) is 7.34. The Labute approximate surface area is 181 Å². The fourth-order valence-electron chi connectivity index (χ4n) is 5.19. The number of ether oxygens (including phenoxy) is 1. The van der Waals surface area contributed by atoms with Crippen LogP contribution in [0.15, 0.2) is 30.7 Å². The average Bonchev–Trinajstić information content (AvgIpc) is 3.13. The van der Waals surface area contributed by atoms with Gasteiger partial charge in [-0.2, -0.15) is 10.2 Å². The summed E-state index contributed by atoms with van der Waals surface area (Å²) >= 11 is 6.75. The summed E-state index contributed by atoms with van der Waals surface area (Å²) in [4.78, 5) is 2.62. The Morgan fingerprint density at radius 2 is 1.93 bits per heavy atom. The number of fused-ring (bicyclic) bond motifs is 1. The van der Waals surface area contributed by atoms with Gasteiger partial charge in [-0.3, -0.25) is 9.58 Å². The number of benzene rings is 1. The molecule has 7 heteroatoms. The lowest BCUT2D eigenvalue weighted by Gasteiger charge is -2.42. The Bertz CT molecular complexity index is 1070. The lowest BCUT2D eigenvalue weighted by molar-refractivity contribution is 0.0582. The molecular formula is C23H28ClN5O. The third-order valence-corrected chi connectivity index (χ3v) is 7.66. The molecule has 1 aromatic carbocycles. The molecule has 2 aromatic heterocycles. The molecule has 3 fully saturated rings. The molecule has 3 aliphatic rings. The van der Waals surface area contributed by atoms with Gasteiger partial charge >= 0.3 is 0 Å². The molecule has 2 aliphatic heterocycles. The van der Waals surface area contributed by atoms with Crippen molar-refractivity contribution in [3.8, 4) is 5.69 Å². The van der Waals surface area contributed by atoms with Crippen molar-refractivity contribution < 1.29 is 4.74 Å². The zero-order chi connectivity index (χ0) is 20.3. The zero-order valence-electron chi connectivity index (χ0n) is 17.4. The quantitative estimate of drug-likeness (QED) is 0.614. The molecule has 0 N–H and O–H groups in total. The SMILES string of the molecule is C[C@]1(N2CCC(c3cc4c(cnn4-c4cnn(C5CC5)c4)cc3Cl)CC2)CCOC1. The topological polar surface area (TPSA) is 48.1 Å². The second kappa shape index (κ2) is 7.08. The van der Waals surface area contributed by atoms with E-state index >= 15 is 0 Å². The van der Waals surface area contributed by atoms with Gasteiger partial charge < -0.3 is 4.74 Å². The van der Waals surface area contributed by atoms with Gasteiger partial charge in [0.1, 0.15) is 5.69 Å². The van der Waals surface area contributed by atoms with Crippen LogP contribution in [0.25, 0.3) is 16.6 Å². The summed E-state index contributed by atoms with van der Waals surface area (Å²) in [6.07, 6.45) is 11.8. The fraction of sp³-hybridized carbons (Fsp3) is 0.565. The fourth-order valence-corrected chi connectivity index (χ4v) is 5.52. The van der Waals surface area contributed by atoms with E-state index in [1.165, 1.54) is 18.4 Å². The van der Waals surface area contributed by atoms with Crippen LogP contribution in [0.4, 0.5) is 0 Å². The minimum Gasteiger partial charge on any atom is -0.379 e. The molecule has 2 saturated heterocycles. The van der Waals surface area contributed by atoms with Crippen LogP contribution in [0, 0.1) is 0 Å². The van der Waals surface area contributed by atoms with Gasteiger partial charge in [-0.1, -0.05) is 11.6 Å². The van der Waals surface area contributed by atoms with Gasteiger partial charge in [0.15, 0.2) is 0 Å². The molecule has 0 radical (unpaired) electrons. The molecule has 4 heterocycles. The highest BCUT2D eigenvalue weighted by Crippen LogP contribution is 2.39. The number of likely N-dealkylation sites (tertiary alicyclic amines) is 1. The van der Waals surface area contributed by atoms with E-state index < -0.39 is 0 Å². The number of aromatic nitrogens is 4. The number of piperidine rings is 1. The van der Waals surface area contributed by atoms with Crippen LogP contribution in [0.5, 0.6) is 0 Å². The monoisotopic (exact) mass is 425 g/mol. The van der Waals surface area contributed by atoms with Gasteiger partial charge in [0.05, 0.1) is 36.8 Å². The lowest BCUT2D eigenvalue weighted by atomic mass is 9.86. The van der Waals surface area contributed by atoms with Crippen molar-refractivity contribution in [3.63, 3.8) is 0 Å². The molecule has 158 valence electrons. The second-order valence-corrected chi connectivity index (χ2v) is 9.87. The highest BCUT2D eigenvalue weighted by atomic mass is 35.5.